The molecule has 1 aromatic heterocycles. The van der Waals surface area contributed by atoms with Gasteiger partial charge in [0.25, 0.3) is 0 Å². The van der Waals surface area contributed by atoms with Gasteiger partial charge in [0.05, 0.1) is 0 Å². The van der Waals surface area contributed by atoms with Crippen LogP contribution >= 0.6 is 0 Å². The molecule has 2 aromatic rings. The van der Waals surface area contributed by atoms with Gasteiger partial charge in [-0.2, -0.15) is 5.10 Å². The van der Waals surface area contributed by atoms with Crippen LogP contribution in [0.25, 0.3) is 0 Å². The standard InChI is InChI=1S/C20H27N5O/c1-15-21-20(23-22-15)18-7-4-10-24(13-18)11-9-19(26)25-12-8-16-5-2-3-6-17(16)14-25/h2-3,5-6,18H,4,7-14H2,1H3,(H,21,22,23). The van der Waals surface area contributed by atoms with Gasteiger partial charge >= 0.3 is 0 Å². The van der Waals surface area contributed by atoms with E-state index in [0.717, 1.165) is 63.6 Å². The highest BCUT2D eigenvalue weighted by Crippen LogP contribution is 2.25. The van der Waals surface area contributed by atoms with Gasteiger partial charge in [-0.15, -0.1) is 0 Å². The molecule has 0 aliphatic carbocycles. The number of amides is 1. The lowest BCUT2D eigenvalue weighted by molar-refractivity contribution is -0.132. The summed E-state index contributed by atoms with van der Waals surface area (Å²) < 4.78 is 0. The summed E-state index contributed by atoms with van der Waals surface area (Å²) >= 11 is 0. The molecule has 2 aliphatic rings. The van der Waals surface area contributed by atoms with Gasteiger partial charge in [0, 0.05) is 38.5 Å². The van der Waals surface area contributed by atoms with Crippen molar-refractivity contribution in [3.05, 3.63) is 47.0 Å². The molecule has 3 heterocycles. The van der Waals surface area contributed by atoms with Gasteiger partial charge in [-0.3, -0.25) is 9.89 Å². The molecule has 1 fully saturated rings. The van der Waals surface area contributed by atoms with Gasteiger partial charge in [-0.25, -0.2) is 4.98 Å². The third-order valence-electron chi connectivity index (χ3n) is 5.61. The number of nitrogens with zero attached hydrogens (tertiary/aromatic N) is 4. The van der Waals surface area contributed by atoms with Crippen LogP contribution in [0.5, 0.6) is 0 Å². The largest absolute Gasteiger partial charge is 0.338 e. The zero-order valence-electron chi connectivity index (χ0n) is 15.4. The third-order valence-corrected chi connectivity index (χ3v) is 5.61. The Morgan fingerprint density at radius 1 is 1.27 bits per heavy atom. The lowest BCUT2D eigenvalue weighted by Crippen LogP contribution is -2.40. The molecule has 1 amide bonds. The Labute approximate surface area is 154 Å². The Morgan fingerprint density at radius 3 is 2.92 bits per heavy atom. The summed E-state index contributed by atoms with van der Waals surface area (Å²) in [5.74, 6) is 2.45. The second-order valence-corrected chi connectivity index (χ2v) is 7.50. The number of carbonyl (C=O) groups is 1. The SMILES string of the molecule is Cc1nc(C2CCCN(CCC(=O)N3CCc4ccccc4C3)C2)n[nH]1. The summed E-state index contributed by atoms with van der Waals surface area (Å²) in [5.41, 5.74) is 2.68. The van der Waals surface area contributed by atoms with Gasteiger partial charge in [0.15, 0.2) is 5.82 Å². The maximum atomic E-state index is 12.7. The zero-order valence-corrected chi connectivity index (χ0v) is 15.4. The Bertz CT molecular complexity index is 771. The van der Waals surface area contributed by atoms with Crippen LogP contribution in [0.1, 0.15) is 48.0 Å². The second kappa shape index (κ2) is 7.58. The highest BCUT2D eigenvalue weighted by Gasteiger charge is 2.26. The normalized spacial score (nSPS) is 20.8. The highest BCUT2D eigenvalue weighted by molar-refractivity contribution is 5.76. The van der Waals surface area contributed by atoms with Crippen molar-refractivity contribution in [1.29, 1.82) is 0 Å². The number of rotatable bonds is 4. The number of hydrogen-bond acceptors (Lipinski definition) is 4. The molecule has 1 saturated heterocycles. The predicted molar refractivity (Wildman–Crippen MR) is 99.7 cm³/mol. The summed E-state index contributed by atoms with van der Waals surface area (Å²) in [6.45, 7) is 6.38. The van der Waals surface area contributed by atoms with Gasteiger partial charge in [0.1, 0.15) is 5.82 Å². The van der Waals surface area contributed by atoms with E-state index in [1.807, 2.05) is 11.8 Å². The monoisotopic (exact) mass is 353 g/mol. The van der Waals surface area contributed by atoms with E-state index >= 15 is 0 Å². The van der Waals surface area contributed by atoms with E-state index in [0.29, 0.717) is 12.3 Å². The smallest absolute Gasteiger partial charge is 0.224 e. The van der Waals surface area contributed by atoms with E-state index < -0.39 is 0 Å². The third kappa shape index (κ3) is 3.80. The number of aromatic nitrogens is 3. The first-order valence-corrected chi connectivity index (χ1v) is 9.65. The molecule has 6 heteroatoms. The van der Waals surface area contributed by atoms with Crippen molar-refractivity contribution in [2.75, 3.05) is 26.2 Å². The number of benzene rings is 1. The molecule has 0 radical (unpaired) electrons. The van der Waals surface area contributed by atoms with Crippen LogP contribution in [-0.2, 0) is 17.8 Å². The maximum absolute atomic E-state index is 12.7. The van der Waals surface area contributed by atoms with Crippen LogP contribution in [0.15, 0.2) is 24.3 Å². The van der Waals surface area contributed by atoms with E-state index in [2.05, 4.69) is 44.3 Å². The molecule has 26 heavy (non-hydrogen) atoms. The first-order valence-electron chi connectivity index (χ1n) is 9.65. The van der Waals surface area contributed by atoms with Crippen molar-refractivity contribution in [2.24, 2.45) is 0 Å². The molecular weight excluding hydrogens is 326 g/mol. The summed E-state index contributed by atoms with van der Waals surface area (Å²) in [6.07, 6.45) is 3.84. The molecule has 0 spiro atoms. The number of carbonyl (C=O) groups excluding carboxylic acids is 1. The Balaban J connectivity index is 1.29. The van der Waals surface area contributed by atoms with E-state index in [1.165, 1.54) is 11.1 Å². The molecule has 2 aliphatic heterocycles. The molecule has 1 aromatic carbocycles. The fraction of sp³-hybridized carbons (Fsp3) is 0.550. The van der Waals surface area contributed by atoms with Crippen LogP contribution in [0.4, 0.5) is 0 Å². The van der Waals surface area contributed by atoms with Crippen molar-refractivity contribution in [2.45, 2.75) is 45.1 Å². The summed E-state index contributed by atoms with van der Waals surface area (Å²) in [7, 11) is 0. The minimum Gasteiger partial charge on any atom is -0.338 e. The fourth-order valence-corrected chi connectivity index (χ4v) is 4.13. The number of aryl methyl sites for hydroxylation is 1. The summed E-state index contributed by atoms with van der Waals surface area (Å²) in [6, 6.07) is 8.46. The van der Waals surface area contributed by atoms with E-state index in [1.54, 1.807) is 0 Å². The van der Waals surface area contributed by atoms with Crippen LogP contribution in [0, 0.1) is 6.92 Å². The highest BCUT2D eigenvalue weighted by atomic mass is 16.2. The number of H-pyrrole nitrogens is 1. The second-order valence-electron chi connectivity index (χ2n) is 7.50. The number of aromatic amines is 1. The first-order chi connectivity index (χ1) is 12.7. The van der Waals surface area contributed by atoms with Crippen molar-refractivity contribution in [1.82, 2.24) is 25.0 Å². The molecule has 1 N–H and O–H groups in total. The lowest BCUT2D eigenvalue weighted by atomic mass is 9.97. The van der Waals surface area contributed by atoms with Crippen molar-refractivity contribution in [3.8, 4) is 0 Å². The topological polar surface area (TPSA) is 65.1 Å². The molecule has 0 bridgehead atoms. The van der Waals surface area contributed by atoms with Gasteiger partial charge in [-0.05, 0) is 43.9 Å². The Kier molecular flexibility index (Phi) is 5.02. The summed E-state index contributed by atoms with van der Waals surface area (Å²) in [5, 5.41) is 7.27. The number of fused-ring (bicyclic) bond motifs is 1. The molecular formula is C20H27N5O. The Hall–Kier alpha value is -2.21. The maximum Gasteiger partial charge on any atom is 0.224 e. The van der Waals surface area contributed by atoms with Crippen molar-refractivity contribution < 1.29 is 4.79 Å². The van der Waals surface area contributed by atoms with E-state index in [9.17, 15) is 4.79 Å². The zero-order chi connectivity index (χ0) is 17.9. The van der Waals surface area contributed by atoms with Crippen LogP contribution in [-0.4, -0.2) is 57.1 Å². The molecule has 0 saturated carbocycles. The van der Waals surface area contributed by atoms with Gasteiger partial charge in [-0.1, -0.05) is 24.3 Å². The summed E-state index contributed by atoms with van der Waals surface area (Å²) in [4.78, 5) is 21.6. The van der Waals surface area contributed by atoms with Crippen LogP contribution < -0.4 is 0 Å². The first kappa shape index (κ1) is 17.2. The minimum atomic E-state index is 0.273. The Morgan fingerprint density at radius 2 is 2.12 bits per heavy atom. The molecule has 6 nitrogen and oxygen atoms in total. The van der Waals surface area contributed by atoms with Gasteiger partial charge < -0.3 is 9.80 Å². The number of nitrogens with one attached hydrogen (secondary N) is 1. The number of likely N-dealkylation sites (tertiary alicyclic amines) is 1. The fourth-order valence-electron chi connectivity index (χ4n) is 4.13. The van der Waals surface area contributed by atoms with E-state index in [4.69, 9.17) is 0 Å². The quantitative estimate of drug-likeness (QED) is 0.916. The number of hydrogen-bond donors (Lipinski definition) is 1. The molecule has 138 valence electrons. The van der Waals surface area contributed by atoms with E-state index in [-0.39, 0.29) is 5.91 Å². The average molecular weight is 353 g/mol. The van der Waals surface area contributed by atoms with Gasteiger partial charge in [0.2, 0.25) is 5.91 Å². The van der Waals surface area contributed by atoms with Crippen molar-refractivity contribution >= 4 is 5.91 Å². The average Bonchev–Trinajstić information content (AvgIpc) is 3.12. The molecule has 1 unspecified atom stereocenters. The predicted octanol–water partition coefficient (Wildman–Crippen LogP) is 2.27. The number of piperidine rings is 1. The molecule has 4 rings (SSSR count). The van der Waals surface area contributed by atoms with Crippen LogP contribution in [0.2, 0.25) is 0 Å². The molecule has 1 atom stereocenters. The lowest BCUT2D eigenvalue weighted by Gasteiger charge is -2.33. The van der Waals surface area contributed by atoms with Crippen LogP contribution in [0.3, 0.4) is 0 Å². The minimum absolute atomic E-state index is 0.273. The van der Waals surface area contributed by atoms with Crippen molar-refractivity contribution in [3.63, 3.8) is 0 Å².